The van der Waals surface area contributed by atoms with Crippen molar-refractivity contribution in [2.45, 2.75) is 272 Å². The Bertz CT molecular complexity index is 1410. The van der Waals surface area contributed by atoms with E-state index in [0.717, 1.165) is 38.5 Å². The number of amides is 1. The Hall–Kier alpha value is -1.73. The predicted octanol–water partition coefficient (Wildman–Crippen LogP) is 2.81. The second-order valence-corrected chi connectivity index (χ2v) is 19.7. The number of carbonyl (C=O) groups excluding carboxylic acids is 1. The van der Waals surface area contributed by atoms with E-state index in [0.29, 0.717) is 12.8 Å². The predicted molar refractivity (Wildman–Crippen MR) is 263 cm³/mol. The van der Waals surface area contributed by atoms with Gasteiger partial charge in [0.1, 0.15) is 73.2 Å². The minimum absolute atomic E-state index is 0.238. The second-order valence-electron chi connectivity index (χ2n) is 19.7. The number of nitrogens with one attached hydrogen (secondary N) is 1. The van der Waals surface area contributed by atoms with Gasteiger partial charge in [-0.3, -0.25) is 4.79 Å². The number of allylic oxidation sites excluding steroid dienone is 3. The quantitative estimate of drug-likeness (QED) is 0.0313. The van der Waals surface area contributed by atoms with Gasteiger partial charge in [-0.2, -0.15) is 0 Å². The van der Waals surface area contributed by atoms with E-state index in [1.165, 1.54) is 96.3 Å². The molecular formula is C52H95NO18. The molecule has 416 valence electrons. The van der Waals surface area contributed by atoms with Crippen molar-refractivity contribution in [3.63, 3.8) is 0 Å². The monoisotopic (exact) mass is 1020 g/mol. The fraction of sp³-hybridized carbons (Fsp3) is 0.904. The van der Waals surface area contributed by atoms with Crippen LogP contribution in [0.1, 0.15) is 168 Å². The van der Waals surface area contributed by atoms with E-state index in [9.17, 15) is 61.0 Å². The van der Waals surface area contributed by atoms with Crippen LogP contribution >= 0.6 is 0 Å². The zero-order chi connectivity index (χ0) is 52.0. The molecule has 0 saturated carbocycles. The molecular weight excluding hydrogens is 927 g/mol. The van der Waals surface area contributed by atoms with E-state index >= 15 is 0 Å². The molecule has 0 radical (unpaired) electrons. The lowest BCUT2D eigenvalue weighted by Crippen LogP contribution is -2.66. The molecule has 3 aliphatic rings. The summed E-state index contributed by atoms with van der Waals surface area (Å²) in [4.78, 5) is 13.2. The fourth-order valence-electron chi connectivity index (χ4n) is 9.20. The van der Waals surface area contributed by atoms with Crippen LogP contribution in [0.15, 0.2) is 24.3 Å². The van der Waals surface area contributed by atoms with Gasteiger partial charge in [0.05, 0.1) is 38.6 Å². The lowest BCUT2D eigenvalue weighted by atomic mass is 9.96. The van der Waals surface area contributed by atoms with Gasteiger partial charge in [-0.25, -0.2) is 0 Å². The van der Waals surface area contributed by atoms with Crippen LogP contribution in [0.5, 0.6) is 0 Å². The third-order valence-corrected chi connectivity index (χ3v) is 13.8. The van der Waals surface area contributed by atoms with Crippen molar-refractivity contribution in [3.05, 3.63) is 24.3 Å². The van der Waals surface area contributed by atoms with Gasteiger partial charge < -0.3 is 89.9 Å². The summed E-state index contributed by atoms with van der Waals surface area (Å²) in [5, 5.41) is 120. The smallest absolute Gasteiger partial charge is 0.220 e. The summed E-state index contributed by atoms with van der Waals surface area (Å²) >= 11 is 0. The van der Waals surface area contributed by atoms with E-state index in [4.69, 9.17) is 28.4 Å². The average Bonchev–Trinajstić information content (AvgIpc) is 3.36. The largest absolute Gasteiger partial charge is 0.394 e. The maximum atomic E-state index is 13.2. The van der Waals surface area contributed by atoms with Gasteiger partial charge in [-0.05, 0) is 32.1 Å². The number of hydrogen-bond acceptors (Lipinski definition) is 18. The number of aliphatic hydroxyl groups excluding tert-OH is 11. The SMILES string of the molecule is CCCCCCCCCCCC/C=C/CC/C=C/C(O)C(COC1OC(CO)C(OC2OC(CO)C(OC3OC(CO)C(O)C(O)C3O)C(O)C2O)C(O)C1O)NC(=O)CCCCCCCCCCCC. The summed E-state index contributed by atoms with van der Waals surface area (Å²) in [6.45, 7) is 1.65. The summed E-state index contributed by atoms with van der Waals surface area (Å²) in [6, 6.07) is -0.982. The van der Waals surface area contributed by atoms with Gasteiger partial charge >= 0.3 is 0 Å². The molecule has 12 N–H and O–H groups in total. The van der Waals surface area contributed by atoms with Crippen LogP contribution in [-0.4, -0.2) is 193 Å². The maximum Gasteiger partial charge on any atom is 0.220 e. The Morgan fingerprint density at radius 2 is 0.901 bits per heavy atom. The normalized spacial score (nSPS) is 32.4. The van der Waals surface area contributed by atoms with Crippen LogP contribution in [0.4, 0.5) is 0 Å². The van der Waals surface area contributed by atoms with Crippen molar-refractivity contribution in [2.24, 2.45) is 0 Å². The molecule has 0 aromatic heterocycles. The van der Waals surface area contributed by atoms with Crippen molar-refractivity contribution in [2.75, 3.05) is 26.4 Å². The lowest BCUT2D eigenvalue weighted by Gasteiger charge is -2.48. The van der Waals surface area contributed by atoms with Gasteiger partial charge in [-0.1, -0.05) is 154 Å². The topological polar surface area (TPSA) is 307 Å². The number of aliphatic hydroxyl groups is 11. The van der Waals surface area contributed by atoms with Crippen LogP contribution < -0.4 is 5.32 Å². The molecule has 0 aromatic rings. The minimum Gasteiger partial charge on any atom is -0.394 e. The molecule has 3 heterocycles. The average molecular weight is 1020 g/mol. The summed E-state index contributed by atoms with van der Waals surface area (Å²) in [6.07, 6.45) is 7.57. The molecule has 19 nitrogen and oxygen atoms in total. The first-order chi connectivity index (χ1) is 34.3. The maximum absolute atomic E-state index is 13.2. The van der Waals surface area contributed by atoms with Crippen LogP contribution in [0.25, 0.3) is 0 Å². The summed E-state index contributed by atoms with van der Waals surface area (Å²) in [7, 11) is 0. The molecule has 1 amide bonds. The highest BCUT2D eigenvalue weighted by atomic mass is 16.8. The molecule has 0 spiro atoms. The van der Waals surface area contributed by atoms with Crippen molar-refractivity contribution < 1.29 is 89.4 Å². The first-order valence-electron chi connectivity index (χ1n) is 27.1. The lowest BCUT2D eigenvalue weighted by molar-refractivity contribution is -0.379. The van der Waals surface area contributed by atoms with E-state index in [2.05, 4.69) is 31.3 Å². The van der Waals surface area contributed by atoms with Gasteiger partial charge in [-0.15, -0.1) is 0 Å². The molecule has 3 fully saturated rings. The fourth-order valence-corrected chi connectivity index (χ4v) is 9.20. The number of hydrogen-bond donors (Lipinski definition) is 12. The standard InChI is InChI=1S/C52H95NO18/c1-3-5-7-9-11-13-15-16-17-18-19-20-21-23-25-27-29-36(57)35(53-40(58)30-28-26-24-22-14-12-10-8-6-4-2)34-66-50-46(64)43(61)48(38(32-55)68-50)71-52-47(65)44(62)49(39(33-56)69-52)70-51-45(63)42(60)41(59)37(31-54)67-51/h20-21,27,29,35-39,41-52,54-57,59-65H,3-19,22-26,28,30-34H2,1-2H3,(H,53,58)/b21-20+,29-27+. The van der Waals surface area contributed by atoms with Gasteiger partial charge in [0, 0.05) is 6.42 Å². The molecule has 3 rings (SSSR count). The van der Waals surface area contributed by atoms with Gasteiger partial charge in [0.2, 0.25) is 5.91 Å². The highest BCUT2D eigenvalue weighted by Crippen LogP contribution is 2.33. The highest BCUT2D eigenvalue weighted by Gasteiger charge is 2.53. The molecule has 17 atom stereocenters. The minimum atomic E-state index is -1.98. The summed E-state index contributed by atoms with van der Waals surface area (Å²) < 4.78 is 34.1. The summed E-state index contributed by atoms with van der Waals surface area (Å²) in [5.41, 5.74) is 0. The Kier molecular flexibility index (Phi) is 33.2. The summed E-state index contributed by atoms with van der Waals surface area (Å²) in [5.74, 6) is -0.289. The van der Waals surface area contributed by atoms with Gasteiger partial charge in [0.15, 0.2) is 18.9 Å². The first-order valence-corrected chi connectivity index (χ1v) is 27.1. The Labute approximate surface area is 422 Å². The third kappa shape index (κ3) is 22.6. The van der Waals surface area contributed by atoms with Crippen LogP contribution in [0, 0.1) is 0 Å². The Balaban J connectivity index is 1.56. The van der Waals surface area contributed by atoms with Crippen LogP contribution in [0.2, 0.25) is 0 Å². The van der Waals surface area contributed by atoms with Crippen LogP contribution in [-0.2, 0) is 33.2 Å². The van der Waals surface area contributed by atoms with Crippen LogP contribution in [0.3, 0.4) is 0 Å². The third-order valence-electron chi connectivity index (χ3n) is 13.8. The molecule has 3 aliphatic heterocycles. The second kappa shape index (κ2) is 37.1. The molecule has 19 heteroatoms. The van der Waals surface area contributed by atoms with Gasteiger partial charge in [0.25, 0.3) is 0 Å². The molecule has 0 aliphatic carbocycles. The molecule has 3 saturated heterocycles. The van der Waals surface area contributed by atoms with E-state index in [1.54, 1.807) is 6.08 Å². The van der Waals surface area contributed by atoms with Crippen molar-refractivity contribution in [3.8, 4) is 0 Å². The molecule has 0 aromatic carbocycles. The van der Waals surface area contributed by atoms with E-state index < -0.39 is 124 Å². The van der Waals surface area contributed by atoms with Crippen molar-refractivity contribution >= 4 is 5.91 Å². The Morgan fingerprint density at radius 1 is 0.493 bits per heavy atom. The first kappa shape index (κ1) is 63.6. The van der Waals surface area contributed by atoms with Crippen molar-refractivity contribution in [1.29, 1.82) is 0 Å². The van der Waals surface area contributed by atoms with Crippen molar-refractivity contribution in [1.82, 2.24) is 5.32 Å². The number of unbranched alkanes of at least 4 members (excludes halogenated alkanes) is 20. The zero-order valence-electron chi connectivity index (χ0n) is 42.7. The van der Waals surface area contributed by atoms with E-state index in [1.807, 2.05) is 6.08 Å². The molecule has 71 heavy (non-hydrogen) atoms. The van der Waals surface area contributed by atoms with E-state index in [-0.39, 0.29) is 18.9 Å². The zero-order valence-corrected chi connectivity index (χ0v) is 42.7. The number of ether oxygens (including phenoxy) is 6. The number of carbonyl (C=O) groups is 1. The Morgan fingerprint density at radius 3 is 1.41 bits per heavy atom. The highest BCUT2D eigenvalue weighted by molar-refractivity contribution is 5.76. The molecule has 17 unspecified atom stereocenters. The molecule has 0 bridgehead atoms. The number of rotatable bonds is 38.